The number of allylic oxidation sites excluding steroid dienone is 1. The maximum atomic E-state index is 13.9. The van der Waals surface area contributed by atoms with Gasteiger partial charge in [-0.15, -0.1) is 0 Å². The van der Waals surface area contributed by atoms with E-state index in [1.807, 2.05) is 6.08 Å². The summed E-state index contributed by atoms with van der Waals surface area (Å²) in [6, 6.07) is 14.9. The summed E-state index contributed by atoms with van der Waals surface area (Å²) >= 11 is 6.18. The summed E-state index contributed by atoms with van der Waals surface area (Å²) < 4.78 is 0. The highest BCUT2D eigenvalue weighted by Gasteiger charge is 2.55. The fourth-order valence-electron chi connectivity index (χ4n) is 5.22. The van der Waals surface area contributed by atoms with Gasteiger partial charge in [0.2, 0.25) is 0 Å². The number of halogens is 1. The Morgan fingerprint density at radius 1 is 1.00 bits per heavy atom. The van der Waals surface area contributed by atoms with Gasteiger partial charge in [0.15, 0.2) is 0 Å². The van der Waals surface area contributed by atoms with Gasteiger partial charge in [-0.05, 0) is 41.7 Å². The number of nitro benzene ring substituents is 1. The number of aromatic hydroxyl groups is 3. The molecule has 182 valence electrons. The lowest BCUT2D eigenvalue weighted by Gasteiger charge is -2.43. The zero-order chi connectivity index (χ0) is 25.6. The van der Waals surface area contributed by atoms with Gasteiger partial charge in [0.25, 0.3) is 11.6 Å². The molecule has 0 bridgehead atoms. The number of amides is 1. The van der Waals surface area contributed by atoms with E-state index in [0.717, 1.165) is 12.1 Å². The smallest absolute Gasteiger partial charge is 0.269 e. The van der Waals surface area contributed by atoms with Crippen LogP contribution < -0.4 is 0 Å². The lowest BCUT2D eigenvalue weighted by molar-refractivity contribution is -0.384. The van der Waals surface area contributed by atoms with E-state index in [4.69, 9.17) is 11.6 Å². The molecule has 0 fully saturated rings. The summed E-state index contributed by atoms with van der Waals surface area (Å²) in [4.78, 5) is 26.1. The van der Waals surface area contributed by atoms with Crippen LogP contribution in [-0.2, 0) is 16.9 Å². The second kappa shape index (κ2) is 8.73. The lowest BCUT2D eigenvalue weighted by Crippen LogP contribution is -2.46. The van der Waals surface area contributed by atoms with Gasteiger partial charge in [-0.1, -0.05) is 48.0 Å². The van der Waals surface area contributed by atoms with Gasteiger partial charge >= 0.3 is 0 Å². The number of non-ortho nitro benzene ring substituents is 1. The summed E-state index contributed by atoms with van der Waals surface area (Å²) in [5, 5.41) is 43.7. The number of hydrogen-bond donors (Lipinski definition) is 3. The average Bonchev–Trinajstić information content (AvgIpc) is 3.08. The maximum absolute atomic E-state index is 13.9. The highest BCUT2D eigenvalue weighted by atomic mass is 35.5. The van der Waals surface area contributed by atoms with Crippen LogP contribution in [-0.4, -0.2) is 31.0 Å². The van der Waals surface area contributed by atoms with Crippen molar-refractivity contribution in [2.75, 3.05) is 0 Å². The van der Waals surface area contributed by atoms with Gasteiger partial charge in [0.1, 0.15) is 22.8 Å². The summed E-state index contributed by atoms with van der Waals surface area (Å²) in [6.45, 7) is 0.0278. The van der Waals surface area contributed by atoms with Gasteiger partial charge in [0, 0.05) is 41.4 Å². The number of phenols is 3. The number of phenolic OH excluding ortho intramolecular Hbond substituents is 3. The van der Waals surface area contributed by atoms with Crippen LogP contribution in [0.1, 0.15) is 29.5 Å². The van der Waals surface area contributed by atoms with Crippen LogP contribution in [0.5, 0.6) is 17.2 Å². The molecule has 0 saturated heterocycles. The first-order valence-corrected chi connectivity index (χ1v) is 11.6. The van der Waals surface area contributed by atoms with Crippen molar-refractivity contribution in [2.24, 2.45) is 0 Å². The monoisotopic (exact) mass is 504 g/mol. The van der Waals surface area contributed by atoms with Crippen LogP contribution >= 0.6 is 11.6 Å². The van der Waals surface area contributed by atoms with Gasteiger partial charge in [-0.2, -0.15) is 0 Å². The molecule has 2 aliphatic rings. The predicted octanol–water partition coefficient (Wildman–Crippen LogP) is 5.30. The topological polar surface area (TPSA) is 124 Å². The number of carbonyl (C=O) groups is 1. The Balaban J connectivity index is 1.80. The Labute approximate surface area is 211 Å². The van der Waals surface area contributed by atoms with Crippen molar-refractivity contribution >= 4 is 23.2 Å². The number of carbonyl (C=O) groups excluding carboxylic acids is 1. The van der Waals surface area contributed by atoms with Crippen molar-refractivity contribution in [3.05, 3.63) is 116 Å². The van der Waals surface area contributed by atoms with Crippen molar-refractivity contribution in [3.8, 4) is 17.2 Å². The lowest BCUT2D eigenvalue weighted by atomic mass is 9.73. The van der Waals surface area contributed by atoms with E-state index in [2.05, 4.69) is 0 Å². The van der Waals surface area contributed by atoms with E-state index in [1.165, 1.54) is 12.1 Å². The van der Waals surface area contributed by atoms with E-state index in [1.54, 1.807) is 47.4 Å². The van der Waals surface area contributed by atoms with Crippen molar-refractivity contribution in [2.45, 2.75) is 24.9 Å². The van der Waals surface area contributed by atoms with E-state index in [9.17, 15) is 30.2 Å². The Hall–Kier alpha value is -4.30. The van der Waals surface area contributed by atoms with Gasteiger partial charge in [-0.25, -0.2) is 0 Å². The van der Waals surface area contributed by atoms with Crippen molar-refractivity contribution < 1.29 is 25.0 Å². The molecule has 36 heavy (non-hydrogen) atoms. The van der Waals surface area contributed by atoms with E-state index in [0.29, 0.717) is 40.1 Å². The summed E-state index contributed by atoms with van der Waals surface area (Å²) in [6.07, 6.45) is 4.77. The van der Waals surface area contributed by atoms with Gasteiger partial charge in [-0.3, -0.25) is 14.9 Å². The van der Waals surface area contributed by atoms with Gasteiger partial charge in [0.05, 0.1) is 10.5 Å². The number of nitrogens with zero attached hydrogens (tertiary/aromatic N) is 2. The fourth-order valence-corrected chi connectivity index (χ4v) is 5.34. The van der Waals surface area contributed by atoms with Crippen molar-refractivity contribution in [1.29, 1.82) is 0 Å². The molecule has 1 unspecified atom stereocenters. The normalized spacial score (nSPS) is 19.0. The van der Waals surface area contributed by atoms with Crippen LogP contribution in [0.2, 0.25) is 5.02 Å². The van der Waals surface area contributed by atoms with Crippen LogP contribution in [0.25, 0.3) is 0 Å². The molecule has 0 spiro atoms. The zero-order valence-electron chi connectivity index (χ0n) is 18.9. The first-order valence-electron chi connectivity index (χ1n) is 11.2. The summed E-state index contributed by atoms with van der Waals surface area (Å²) in [5.74, 6) is -1.41. The zero-order valence-corrected chi connectivity index (χ0v) is 19.6. The molecule has 1 aliphatic heterocycles. The fraction of sp³-hybridized carbons (Fsp3) is 0.148. The molecule has 3 N–H and O–H groups in total. The maximum Gasteiger partial charge on any atom is 0.269 e. The molecule has 0 saturated carbocycles. The number of rotatable bonds is 5. The molecule has 9 heteroatoms. The first kappa shape index (κ1) is 23.4. The van der Waals surface area contributed by atoms with Gasteiger partial charge < -0.3 is 20.2 Å². The van der Waals surface area contributed by atoms with Crippen molar-refractivity contribution in [3.63, 3.8) is 0 Å². The Morgan fingerprint density at radius 3 is 2.25 bits per heavy atom. The number of benzene rings is 3. The molecule has 3 aromatic carbocycles. The minimum absolute atomic E-state index is 0.0278. The largest absolute Gasteiger partial charge is 0.508 e. The van der Waals surface area contributed by atoms with Crippen LogP contribution in [0.4, 0.5) is 5.69 Å². The Morgan fingerprint density at radius 2 is 1.64 bits per heavy atom. The number of hydrogen-bond acceptors (Lipinski definition) is 6. The number of nitro groups is 1. The Kier molecular flexibility index (Phi) is 5.68. The third kappa shape index (κ3) is 3.58. The second-order valence-electron chi connectivity index (χ2n) is 8.72. The standard InChI is InChI=1S/C27H21ClN2O6/c28-18-9-7-17(8-10-18)27(25-23(32)13-20(31)14-24(25)33)22-4-2-1-3-21(22)26(34)29(27)15-16-5-11-19(12-6-16)30(35)36/h1,3,5-14,31-33H,2,4,15H2. The minimum Gasteiger partial charge on any atom is -0.508 e. The van der Waals surface area contributed by atoms with E-state index in [-0.39, 0.29) is 41.0 Å². The molecule has 3 aromatic rings. The molecule has 8 nitrogen and oxygen atoms in total. The average molecular weight is 505 g/mol. The molecular weight excluding hydrogens is 484 g/mol. The SMILES string of the molecule is O=C1C2=C(CCC=C2)C(c2ccc(Cl)cc2)(c2c(O)cc(O)cc2O)N1Cc1ccc([N+](=O)[O-])cc1. The highest BCUT2D eigenvalue weighted by Crippen LogP contribution is 2.57. The first-order chi connectivity index (χ1) is 17.2. The molecule has 1 atom stereocenters. The summed E-state index contributed by atoms with van der Waals surface area (Å²) in [7, 11) is 0. The molecular formula is C27H21ClN2O6. The highest BCUT2D eigenvalue weighted by molar-refractivity contribution is 6.30. The summed E-state index contributed by atoms with van der Waals surface area (Å²) in [5.41, 5.74) is 0.891. The second-order valence-corrected chi connectivity index (χ2v) is 9.16. The predicted molar refractivity (Wildman–Crippen MR) is 133 cm³/mol. The van der Waals surface area contributed by atoms with Crippen LogP contribution in [0.3, 0.4) is 0 Å². The molecule has 1 heterocycles. The molecule has 5 rings (SSSR count). The molecule has 0 radical (unpaired) electrons. The minimum atomic E-state index is -1.43. The van der Waals surface area contributed by atoms with Crippen molar-refractivity contribution in [1.82, 2.24) is 4.90 Å². The molecule has 0 aromatic heterocycles. The van der Waals surface area contributed by atoms with Crippen LogP contribution in [0.15, 0.2) is 84.0 Å². The third-order valence-electron chi connectivity index (χ3n) is 6.68. The molecule has 1 amide bonds. The molecule has 1 aliphatic carbocycles. The van der Waals surface area contributed by atoms with E-state index < -0.39 is 10.5 Å². The Bertz CT molecular complexity index is 1420. The third-order valence-corrected chi connectivity index (χ3v) is 6.93. The quantitative estimate of drug-likeness (QED) is 0.320. The van der Waals surface area contributed by atoms with E-state index >= 15 is 0 Å². The van der Waals surface area contributed by atoms with Crippen LogP contribution in [0, 0.1) is 10.1 Å².